The molecule has 0 unspecified atom stereocenters. The largest absolute Gasteiger partial charge is 0.369 e. The summed E-state index contributed by atoms with van der Waals surface area (Å²) in [6.07, 6.45) is 6.01. The molecule has 10 heteroatoms. The first-order valence-electron chi connectivity index (χ1n) is 12.8. The summed E-state index contributed by atoms with van der Waals surface area (Å²) < 4.78 is 0. The third-order valence-corrected chi connectivity index (χ3v) is 6.83. The number of nitrogens with zero attached hydrogens (tertiary/aromatic N) is 3. The number of halogens is 1. The van der Waals surface area contributed by atoms with E-state index in [1.54, 1.807) is 31.2 Å². The second kappa shape index (κ2) is 12.7. The van der Waals surface area contributed by atoms with Crippen molar-refractivity contribution >= 4 is 40.6 Å². The summed E-state index contributed by atoms with van der Waals surface area (Å²) in [6.45, 7) is 3.91. The fourth-order valence-corrected chi connectivity index (χ4v) is 4.85. The van der Waals surface area contributed by atoms with Gasteiger partial charge in [0.2, 0.25) is 0 Å². The van der Waals surface area contributed by atoms with E-state index in [-0.39, 0.29) is 29.1 Å². The molecule has 1 aliphatic heterocycles. The zero-order valence-corrected chi connectivity index (χ0v) is 23.1. The van der Waals surface area contributed by atoms with Gasteiger partial charge in [-0.2, -0.15) is 5.10 Å². The molecule has 2 heterocycles. The Morgan fingerprint density at radius 3 is 2.74 bits per heavy atom. The van der Waals surface area contributed by atoms with Gasteiger partial charge in [0.05, 0.1) is 22.5 Å². The van der Waals surface area contributed by atoms with Gasteiger partial charge in [0.15, 0.2) is 5.78 Å². The Balaban J connectivity index is 1.34. The van der Waals surface area contributed by atoms with Crippen LogP contribution in [-0.4, -0.2) is 72.5 Å². The first-order chi connectivity index (χ1) is 18.7. The van der Waals surface area contributed by atoms with Gasteiger partial charge in [0.25, 0.3) is 11.8 Å². The number of aryl methyl sites for hydroxylation is 1. The van der Waals surface area contributed by atoms with Gasteiger partial charge in [-0.25, -0.2) is 0 Å². The number of anilines is 2. The van der Waals surface area contributed by atoms with Crippen LogP contribution in [0.3, 0.4) is 0 Å². The van der Waals surface area contributed by atoms with Gasteiger partial charge in [-0.1, -0.05) is 41.9 Å². The Morgan fingerprint density at radius 2 is 1.97 bits per heavy atom. The maximum Gasteiger partial charge on any atom is 0.271 e. The van der Waals surface area contributed by atoms with Crippen LogP contribution in [0.1, 0.15) is 38.4 Å². The second-order valence-electron chi connectivity index (χ2n) is 9.93. The van der Waals surface area contributed by atoms with Crippen molar-refractivity contribution in [3.63, 3.8) is 0 Å². The van der Waals surface area contributed by atoms with Crippen LogP contribution in [0.25, 0.3) is 0 Å². The lowest BCUT2D eigenvalue weighted by molar-refractivity contribution is -0.114. The van der Waals surface area contributed by atoms with Gasteiger partial charge in [0, 0.05) is 37.8 Å². The summed E-state index contributed by atoms with van der Waals surface area (Å²) in [5.74, 6) is -0.700. The first kappa shape index (κ1) is 28.1. The van der Waals surface area contributed by atoms with Crippen molar-refractivity contribution in [2.24, 2.45) is 0 Å². The van der Waals surface area contributed by atoms with Gasteiger partial charge in [-0.15, -0.1) is 0 Å². The summed E-state index contributed by atoms with van der Waals surface area (Å²) in [5.41, 5.74) is 3.50. The second-order valence-corrected chi connectivity index (χ2v) is 10.3. The number of aromatic nitrogens is 2. The normalized spacial score (nSPS) is 15.2. The number of hydrogen-bond donors (Lipinski definition) is 3. The molecule has 3 aromatic rings. The van der Waals surface area contributed by atoms with Crippen LogP contribution in [0.2, 0.25) is 5.02 Å². The van der Waals surface area contributed by atoms with E-state index in [9.17, 15) is 14.4 Å². The zero-order valence-electron chi connectivity index (χ0n) is 22.3. The quantitative estimate of drug-likeness (QED) is 0.332. The molecule has 1 aliphatic rings. The minimum Gasteiger partial charge on any atom is -0.369 e. The van der Waals surface area contributed by atoms with Crippen LogP contribution in [0.4, 0.5) is 11.4 Å². The Bertz CT molecular complexity index is 1360. The number of carbonyl (C=O) groups excluding carboxylic acids is 3. The molecular formula is C29H33ClN6O3. The van der Waals surface area contributed by atoms with Gasteiger partial charge in [-0.05, 0) is 62.8 Å². The van der Waals surface area contributed by atoms with Gasteiger partial charge < -0.3 is 20.4 Å². The number of ketones is 1. The van der Waals surface area contributed by atoms with Crippen LogP contribution >= 0.6 is 11.6 Å². The minimum absolute atomic E-state index is 0.0627. The predicted molar refractivity (Wildman–Crippen MR) is 154 cm³/mol. The Hall–Kier alpha value is -3.95. The van der Waals surface area contributed by atoms with Crippen LogP contribution in [0.15, 0.2) is 60.8 Å². The molecule has 0 saturated carbocycles. The standard InChI is InChI=1S/C29H33ClN6O3/c1-19-7-4-11-24(30)26(19)28(38)33-25-17-31-34-27(25)29(39)32-21-12-14-36(18-21)22-9-5-8-20(15-22)16-23(37)10-6-13-35(2)3/h4-11,15,17,21H,12-14,16,18H2,1-3H3,(H,31,34)(H,32,39)(H,33,38)/b10-6+/t21-/m0/s1. The number of amides is 2. The molecule has 0 aliphatic carbocycles. The molecule has 0 spiro atoms. The zero-order chi connectivity index (χ0) is 27.9. The number of carbonyl (C=O) groups is 3. The SMILES string of the molecule is Cc1cccc(Cl)c1C(=O)Nc1cn[nH]c1C(=O)N[C@H]1CCN(c2cccc(CC(=O)/C=C/CN(C)C)c2)C1. The molecule has 2 amide bonds. The summed E-state index contributed by atoms with van der Waals surface area (Å²) in [6, 6.07) is 13.1. The molecule has 1 atom stereocenters. The van der Waals surface area contributed by atoms with E-state index in [1.807, 2.05) is 49.3 Å². The van der Waals surface area contributed by atoms with Gasteiger partial charge in [-0.3, -0.25) is 19.5 Å². The minimum atomic E-state index is -0.410. The monoisotopic (exact) mass is 548 g/mol. The highest BCUT2D eigenvalue weighted by Gasteiger charge is 2.27. The molecule has 1 saturated heterocycles. The molecule has 9 nitrogen and oxygen atoms in total. The third kappa shape index (κ3) is 7.34. The number of likely N-dealkylation sites (N-methyl/N-ethyl adjacent to an activating group) is 1. The Kier molecular flexibility index (Phi) is 9.16. The maximum absolute atomic E-state index is 13.1. The smallest absolute Gasteiger partial charge is 0.271 e. The van der Waals surface area contributed by atoms with E-state index in [2.05, 4.69) is 25.7 Å². The summed E-state index contributed by atoms with van der Waals surface area (Å²) in [5, 5.41) is 12.8. The summed E-state index contributed by atoms with van der Waals surface area (Å²) in [7, 11) is 3.91. The van der Waals surface area contributed by atoms with Crippen LogP contribution in [0.5, 0.6) is 0 Å². The lowest BCUT2D eigenvalue weighted by Crippen LogP contribution is -2.37. The molecule has 3 N–H and O–H groups in total. The molecular weight excluding hydrogens is 516 g/mol. The number of hydrogen-bond acceptors (Lipinski definition) is 6. The van der Waals surface area contributed by atoms with Crippen molar-refractivity contribution in [2.45, 2.75) is 25.8 Å². The molecule has 204 valence electrons. The van der Waals surface area contributed by atoms with Crippen molar-refractivity contribution < 1.29 is 14.4 Å². The van der Waals surface area contributed by atoms with E-state index >= 15 is 0 Å². The maximum atomic E-state index is 13.1. The van der Waals surface area contributed by atoms with Crippen LogP contribution in [0, 0.1) is 6.92 Å². The Morgan fingerprint density at radius 1 is 1.18 bits per heavy atom. The van der Waals surface area contributed by atoms with Crippen molar-refractivity contribution in [2.75, 3.05) is 43.9 Å². The summed E-state index contributed by atoms with van der Waals surface area (Å²) in [4.78, 5) is 42.4. The molecule has 2 aromatic carbocycles. The number of aromatic amines is 1. The first-order valence-corrected chi connectivity index (χ1v) is 13.2. The average molecular weight is 549 g/mol. The van der Waals surface area contributed by atoms with Gasteiger partial charge in [0.1, 0.15) is 5.69 Å². The van der Waals surface area contributed by atoms with Crippen molar-refractivity contribution in [3.05, 3.63) is 88.2 Å². The van der Waals surface area contributed by atoms with Crippen molar-refractivity contribution in [3.8, 4) is 0 Å². The van der Waals surface area contributed by atoms with Crippen molar-refractivity contribution in [1.29, 1.82) is 0 Å². The molecule has 39 heavy (non-hydrogen) atoms. The number of nitrogens with one attached hydrogen (secondary N) is 3. The molecule has 1 aromatic heterocycles. The van der Waals surface area contributed by atoms with E-state index < -0.39 is 5.91 Å². The van der Waals surface area contributed by atoms with Crippen LogP contribution in [-0.2, 0) is 11.2 Å². The topological polar surface area (TPSA) is 110 Å². The summed E-state index contributed by atoms with van der Waals surface area (Å²) >= 11 is 6.22. The predicted octanol–water partition coefficient (Wildman–Crippen LogP) is 3.86. The average Bonchev–Trinajstić information content (AvgIpc) is 3.53. The molecule has 4 rings (SSSR count). The highest BCUT2D eigenvalue weighted by molar-refractivity contribution is 6.34. The van der Waals surface area contributed by atoms with E-state index in [1.165, 1.54) is 6.20 Å². The van der Waals surface area contributed by atoms with Gasteiger partial charge >= 0.3 is 0 Å². The molecule has 0 radical (unpaired) electrons. The molecule has 0 bridgehead atoms. The lowest BCUT2D eigenvalue weighted by Gasteiger charge is -2.20. The fourth-order valence-electron chi connectivity index (χ4n) is 4.55. The highest BCUT2D eigenvalue weighted by atomic mass is 35.5. The van der Waals surface area contributed by atoms with E-state index in [0.29, 0.717) is 23.6 Å². The van der Waals surface area contributed by atoms with Crippen LogP contribution < -0.4 is 15.5 Å². The lowest BCUT2D eigenvalue weighted by atomic mass is 10.1. The number of rotatable bonds is 10. The number of H-pyrrole nitrogens is 1. The van der Waals surface area contributed by atoms with E-state index in [0.717, 1.165) is 36.3 Å². The van der Waals surface area contributed by atoms with E-state index in [4.69, 9.17) is 11.6 Å². The fraction of sp³-hybridized carbons (Fsp3) is 0.310. The highest BCUT2D eigenvalue weighted by Crippen LogP contribution is 2.24. The Labute approximate surface area is 233 Å². The van der Waals surface area contributed by atoms with Crippen molar-refractivity contribution in [1.82, 2.24) is 20.4 Å². The molecule has 1 fully saturated rings. The number of benzene rings is 2. The number of allylic oxidation sites excluding steroid dienone is 1. The third-order valence-electron chi connectivity index (χ3n) is 6.52.